The molecule has 0 radical (unpaired) electrons. The van der Waals surface area contributed by atoms with Crippen molar-refractivity contribution in [3.63, 3.8) is 0 Å². The van der Waals surface area contributed by atoms with Crippen LogP contribution in [0.2, 0.25) is 0 Å². The second-order valence-corrected chi connectivity index (χ2v) is 12.4. The number of thioether (sulfide) groups is 1. The normalized spacial score (nSPS) is 21.1. The van der Waals surface area contributed by atoms with E-state index in [9.17, 15) is 14.4 Å². The van der Waals surface area contributed by atoms with E-state index in [1.165, 1.54) is 62.3 Å². The van der Waals surface area contributed by atoms with Crippen LogP contribution in [-0.4, -0.2) is 65.6 Å². The van der Waals surface area contributed by atoms with E-state index >= 15 is 0 Å². The van der Waals surface area contributed by atoms with Gasteiger partial charge in [0.05, 0.1) is 24.1 Å². The van der Waals surface area contributed by atoms with Gasteiger partial charge in [-0.2, -0.15) is 0 Å². The summed E-state index contributed by atoms with van der Waals surface area (Å²) >= 11 is 2.74. The predicted molar refractivity (Wildman–Crippen MR) is 147 cm³/mol. The summed E-state index contributed by atoms with van der Waals surface area (Å²) in [4.78, 5) is 44.2. The Labute approximate surface area is 228 Å². The van der Waals surface area contributed by atoms with Crippen LogP contribution in [0.15, 0.2) is 10.4 Å². The largest absolute Gasteiger partial charge is 0.467 e. The van der Waals surface area contributed by atoms with Crippen LogP contribution in [0.25, 0.3) is 0 Å². The van der Waals surface area contributed by atoms with Gasteiger partial charge in [0.2, 0.25) is 0 Å². The van der Waals surface area contributed by atoms with E-state index in [4.69, 9.17) is 9.47 Å². The number of carbonyl (C=O) groups excluding carboxylic acids is 3. The first-order valence-electron chi connectivity index (χ1n) is 13.6. The quantitative estimate of drug-likeness (QED) is 0.195. The number of amides is 3. The predicted octanol–water partition coefficient (Wildman–Crippen LogP) is 6.05. The summed E-state index contributed by atoms with van der Waals surface area (Å²) in [5.74, 6) is 0.454. The molecular weight excluding hydrogens is 512 g/mol. The smallest absolute Gasteiger partial charge is 0.407 e. The molecule has 9 nitrogen and oxygen atoms in total. The Morgan fingerprint density at radius 3 is 2.51 bits per heavy atom. The van der Waals surface area contributed by atoms with E-state index in [0.29, 0.717) is 17.8 Å². The number of aromatic nitrogens is 1. The minimum atomic E-state index is -0.847. The van der Waals surface area contributed by atoms with Gasteiger partial charge in [-0.05, 0) is 50.9 Å². The van der Waals surface area contributed by atoms with E-state index in [0.717, 1.165) is 48.7 Å². The summed E-state index contributed by atoms with van der Waals surface area (Å²) < 4.78 is 10.8. The van der Waals surface area contributed by atoms with E-state index in [-0.39, 0.29) is 17.8 Å². The van der Waals surface area contributed by atoms with Gasteiger partial charge in [-0.1, -0.05) is 50.9 Å². The summed E-state index contributed by atoms with van der Waals surface area (Å²) in [6.07, 6.45) is 12.9. The fourth-order valence-electron chi connectivity index (χ4n) is 5.02. The van der Waals surface area contributed by atoms with Crippen molar-refractivity contribution in [2.24, 2.45) is 5.92 Å². The fourth-order valence-corrected chi connectivity index (χ4v) is 6.91. The molecule has 1 aromatic rings. The molecule has 0 aromatic carbocycles. The van der Waals surface area contributed by atoms with Gasteiger partial charge in [-0.25, -0.2) is 19.4 Å². The standard InChI is InChI=1S/C26H42N4O5S2/c1-4-5-15-35-26(33)28-21(23(31)34-3)17-36-22-16-27-24(37-22)29-25(32)30(19-9-7-6-8-10-19)20-13-11-18(2)12-14-20/h16,18-21H,4-15,17H2,1-3H3,(H,28,33)(H,27,29,32)/t18-,20-,21?. The number of carbonyl (C=O) groups is 3. The summed E-state index contributed by atoms with van der Waals surface area (Å²) in [5, 5.41) is 6.17. The first-order valence-corrected chi connectivity index (χ1v) is 15.4. The van der Waals surface area contributed by atoms with Crippen molar-refractivity contribution in [3.05, 3.63) is 6.20 Å². The van der Waals surface area contributed by atoms with Crippen molar-refractivity contribution in [2.75, 3.05) is 24.8 Å². The zero-order chi connectivity index (χ0) is 26.6. The van der Waals surface area contributed by atoms with Crippen molar-refractivity contribution in [2.45, 2.75) is 107 Å². The lowest BCUT2D eigenvalue weighted by atomic mass is 9.84. The molecule has 1 unspecified atom stereocenters. The summed E-state index contributed by atoms with van der Waals surface area (Å²) in [7, 11) is 1.29. The number of thiazole rings is 1. The number of hydrogen-bond acceptors (Lipinski definition) is 8. The van der Waals surface area contributed by atoms with Crippen LogP contribution in [0.4, 0.5) is 14.7 Å². The third kappa shape index (κ3) is 9.35. The van der Waals surface area contributed by atoms with Gasteiger partial charge in [-0.3, -0.25) is 5.32 Å². The number of unbranched alkanes of at least 4 members (excludes halogenated alkanes) is 1. The highest BCUT2D eigenvalue weighted by Crippen LogP contribution is 2.34. The van der Waals surface area contributed by atoms with Gasteiger partial charge >= 0.3 is 18.1 Å². The number of rotatable bonds is 11. The maximum absolute atomic E-state index is 13.5. The SMILES string of the molecule is CCCCOC(=O)NC(CSc1cnc(NC(=O)N(C2CCCCC2)[C@H]2CC[C@H](C)CC2)s1)C(=O)OC. The molecule has 11 heteroatoms. The topological polar surface area (TPSA) is 110 Å². The number of alkyl carbamates (subject to hydrolysis) is 1. The molecule has 2 N–H and O–H groups in total. The zero-order valence-electron chi connectivity index (χ0n) is 22.3. The third-order valence-electron chi connectivity index (χ3n) is 7.18. The van der Waals surface area contributed by atoms with Crippen LogP contribution in [-0.2, 0) is 14.3 Å². The molecule has 1 atom stereocenters. The lowest BCUT2D eigenvalue weighted by Crippen LogP contribution is -2.51. The molecule has 3 rings (SSSR count). The van der Waals surface area contributed by atoms with Gasteiger partial charge < -0.3 is 19.7 Å². The Balaban J connectivity index is 1.57. The molecule has 0 saturated heterocycles. The van der Waals surface area contributed by atoms with E-state index < -0.39 is 18.1 Å². The van der Waals surface area contributed by atoms with Gasteiger partial charge in [0.1, 0.15) is 6.04 Å². The minimum absolute atomic E-state index is 0.0544. The Kier molecular flexibility index (Phi) is 12.3. The minimum Gasteiger partial charge on any atom is -0.467 e. The highest BCUT2D eigenvalue weighted by molar-refractivity contribution is 8.01. The highest BCUT2D eigenvalue weighted by Gasteiger charge is 2.34. The monoisotopic (exact) mass is 554 g/mol. The van der Waals surface area contributed by atoms with Crippen molar-refractivity contribution >= 4 is 46.3 Å². The number of nitrogens with zero attached hydrogens (tertiary/aromatic N) is 2. The molecule has 2 aliphatic rings. The molecule has 2 fully saturated rings. The average Bonchev–Trinajstić information content (AvgIpc) is 3.35. The molecule has 0 aliphatic heterocycles. The maximum Gasteiger partial charge on any atom is 0.407 e. The second kappa shape index (κ2) is 15.4. The Hall–Kier alpha value is -2.01. The number of esters is 1. The van der Waals surface area contributed by atoms with Crippen LogP contribution in [0.1, 0.15) is 84.5 Å². The molecule has 2 aliphatic carbocycles. The van der Waals surface area contributed by atoms with E-state index in [1.54, 1.807) is 6.20 Å². The van der Waals surface area contributed by atoms with Crippen molar-refractivity contribution in [3.8, 4) is 0 Å². The number of anilines is 1. The van der Waals surface area contributed by atoms with E-state index in [2.05, 4.69) is 27.4 Å². The van der Waals surface area contributed by atoms with Crippen LogP contribution in [0, 0.1) is 5.92 Å². The Morgan fingerprint density at radius 2 is 1.84 bits per heavy atom. The van der Waals surface area contributed by atoms with Crippen molar-refractivity contribution in [1.82, 2.24) is 15.2 Å². The molecule has 3 amide bonds. The molecule has 1 aromatic heterocycles. The number of hydrogen-bond donors (Lipinski definition) is 2. The van der Waals surface area contributed by atoms with Gasteiger partial charge in [0.15, 0.2) is 5.13 Å². The lowest BCUT2D eigenvalue weighted by Gasteiger charge is -2.42. The molecule has 208 valence electrons. The number of methoxy groups -OCH3 is 1. The summed E-state index contributed by atoms with van der Waals surface area (Å²) in [5.41, 5.74) is 0. The molecule has 0 spiro atoms. The molecule has 2 saturated carbocycles. The zero-order valence-corrected chi connectivity index (χ0v) is 24.0. The Bertz CT molecular complexity index is 869. The number of urea groups is 1. The number of ether oxygens (including phenoxy) is 2. The number of nitrogens with one attached hydrogen (secondary N) is 2. The van der Waals surface area contributed by atoms with Gasteiger partial charge in [0.25, 0.3) is 0 Å². The van der Waals surface area contributed by atoms with Crippen LogP contribution in [0.3, 0.4) is 0 Å². The summed E-state index contributed by atoms with van der Waals surface area (Å²) in [6, 6.07) is -0.317. The first kappa shape index (κ1) is 29.5. The van der Waals surface area contributed by atoms with E-state index in [1.807, 2.05) is 6.92 Å². The molecule has 37 heavy (non-hydrogen) atoms. The van der Waals surface area contributed by atoms with Crippen LogP contribution in [0.5, 0.6) is 0 Å². The van der Waals surface area contributed by atoms with Crippen LogP contribution >= 0.6 is 23.1 Å². The van der Waals surface area contributed by atoms with Crippen LogP contribution < -0.4 is 10.6 Å². The second-order valence-electron chi connectivity index (χ2n) is 10.0. The Morgan fingerprint density at radius 1 is 1.14 bits per heavy atom. The first-order chi connectivity index (χ1) is 17.9. The third-order valence-corrected chi connectivity index (χ3v) is 9.38. The van der Waals surface area contributed by atoms with Crippen molar-refractivity contribution in [1.29, 1.82) is 0 Å². The van der Waals surface area contributed by atoms with Gasteiger partial charge in [-0.15, -0.1) is 11.8 Å². The molecule has 1 heterocycles. The summed E-state index contributed by atoms with van der Waals surface area (Å²) in [6.45, 7) is 4.61. The maximum atomic E-state index is 13.5. The fraction of sp³-hybridized carbons (Fsp3) is 0.769. The molecular formula is C26H42N4O5S2. The lowest BCUT2D eigenvalue weighted by molar-refractivity contribution is -0.142. The average molecular weight is 555 g/mol. The van der Waals surface area contributed by atoms with Gasteiger partial charge in [0, 0.05) is 17.8 Å². The highest BCUT2D eigenvalue weighted by atomic mass is 32.2. The van der Waals surface area contributed by atoms with Crippen molar-refractivity contribution < 1.29 is 23.9 Å². The molecule has 0 bridgehead atoms.